The number of amides is 2. The number of aliphatic imine (C=N–C) groups is 1. The van der Waals surface area contributed by atoms with E-state index in [2.05, 4.69) is 15.0 Å². The van der Waals surface area contributed by atoms with E-state index in [4.69, 9.17) is 15.2 Å². The van der Waals surface area contributed by atoms with Gasteiger partial charge in [0.1, 0.15) is 17.6 Å². The smallest absolute Gasteiger partial charge is 0.345 e. The van der Waals surface area contributed by atoms with Crippen LogP contribution in [0.25, 0.3) is 0 Å². The minimum Gasteiger partial charge on any atom is -0.493 e. The van der Waals surface area contributed by atoms with Crippen LogP contribution in [-0.4, -0.2) is 54.1 Å². The van der Waals surface area contributed by atoms with Crippen molar-refractivity contribution < 1.29 is 32.6 Å². The highest BCUT2D eigenvalue weighted by molar-refractivity contribution is 6.00. The first-order valence-electron chi connectivity index (χ1n) is 13.1. The Kier molecular flexibility index (Phi) is 7.44. The second-order valence-corrected chi connectivity index (χ2v) is 10.3. The summed E-state index contributed by atoms with van der Waals surface area (Å²) in [5.74, 6) is 0.776. The standard InChI is InChI=1S/C28H32F2N4O5/c1-3-28(2)14-24(35)34(27(31)33-28)21-10-11-37-22-9-8-16(12-19(21)22)25(36)32-20-13-17(15-38-26(29)30)39-23-7-5-4-6-18(20)23/h4-9,12,17,20-21,26H,3,10-11,13-15H2,1-2H3,(H2,31,33)(H,32,36)/t17-,20+,21+,28+/m0/s1. The highest BCUT2D eigenvalue weighted by Crippen LogP contribution is 2.40. The fraction of sp³-hybridized carbons (Fsp3) is 0.464. The van der Waals surface area contributed by atoms with Crippen molar-refractivity contribution in [2.75, 3.05) is 13.2 Å². The number of halogens is 2. The first kappa shape index (κ1) is 26.9. The third kappa shape index (κ3) is 5.54. The molecular formula is C28H32F2N4O5. The number of guanidine groups is 1. The Hall–Kier alpha value is -3.73. The molecule has 0 aliphatic carbocycles. The summed E-state index contributed by atoms with van der Waals surface area (Å²) in [4.78, 5) is 32.8. The van der Waals surface area contributed by atoms with Gasteiger partial charge < -0.3 is 25.3 Å². The van der Waals surface area contributed by atoms with Crippen LogP contribution in [0.5, 0.6) is 11.5 Å². The van der Waals surface area contributed by atoms with Crippen molar-refractivity contribution in [3.8, 4) is 11.5 Å². The van der Waals surface area contributed by atoms with Crippen molar-refractivity contribution >= 4 is 17.8 Å². The average molecular weight is 543 g/mol. The molecule has 3 aliphatic rings. The Bertz CT molecular complexity index is 1290. The molecule has 208 valence electrons. The largest absolute Gasteiger partial charge is 0.493 e. The van der Waals surface area contributed by atoms with E-state index in [1.54, 1.807) is 30.3 Å². The molecule has 3 heterocycles. The minimum atomic E-state index is -2.91. The first-order chi connectivity index (χ1) is 18.7. The molecular weight excluding hydrogens is 510 g/mol. The van der Waals surface area contributed by atoms with Crippen molar-refractivity contribution in [1.29, 1.82) is 0 Å². The Morgan fingerprint density at radius 1 is 1.26 bits per heavy atom. The SMILES string of the molecule is CC[C@]1(C)CC(=O)N([C@@H]2CCOc3ccc(C(=O)N[C@@H]4C[C@@H](COC(F)F)Oc5ccccc54)cc32)C(N)=N1. The molecule has 2 aromatic rings. The van der Waals surface area contributed by atoms with Gasteiger partial charge in [0.05, 0.1) is 37.3 Å². The molecule has 4 atom stereocenters. The molecule has 11 heteroatoms. The number of nitrogens with two attached hydrogens (primary N) is 1. The fourth-order valence-electron chi connectivity index (χ4n) is 5.39. The summed E-state index contributed by atoms with van der Waals surface area (Å²) >= 11 is 0. The molecule has 3 N–H and O–H groups in total. The van der Waals surface area contributed by atoms with Crippen LogP contribution in [0.4, 0.5) is 8.78 Å². The van der Waals surface area contributed by atoms with Crippen molar-refractivity contribution in [3.05, 3.63) is 59.2 Å². The van der Waals surface area contributed by atoms with E-state index in [0.717, 1.165) is 5.56 Å². The zero-order valence-electron chi connectivity index (χ0n) is 21.9. The number of nitrogens with one attached hydrogen (secondary N) is 1. The number of alkyl halides is 2. The minimum absolute atomic E-state index is 0.115. The van der Waals surface area contributed by atoms with Crippen molar-refractivity contribution in [2.45, 2.75) is 69.9 Å². The second-order valence-electron chi connectivity index (χ2n) is 10.3. The molecule has 0 fully saturated rings. The van der Waals surface area contributed by atoms with Gasteiger partial charge in [-0.3, -0.25) is 14.5 Å². The van der Waals surface area contributed by atoms with E-state index in [1.807, 2.05) is 26.0 Å². The number of nitrogens with zero attached hydrogens (tertiary/aromatic N) is 2. The molecule has 0 saturated carbocycles. The van der Waals surface area contributed by atoms with Gasteiger partial charge in [-0.05, 0) is 37.6 Å². The van der Waals surface area contributed by atoms with Crippen LogP contribution in [0.1, 0.15) is 73.1 Å². The summed E-state index contributed by atoms with van der Waals surface area (Å²) < 4.78 is 41.4. The maximum Gasteiger partial charge on any atom is 0.345 e. The Morgan fingerprint density at radius 3 is 2.79 bits per heavy atom. The Balaban J connectivity index is 1.39. The predicted molar refractivity (Wildman–Crippen MR) is 139 cm³/mol. The number of carbonyl (C=O) groups excluding carboxylic acids is 2. The van der Waals surface area contributed by atoms with Gasteiger partial charge in [0.2, 0.25) is 5.91 Å². The molecule has 0 bridgehead atoms. The maximum absolute atomic E-state index is 13.4. The zero-order valence-corrected chi connectivity index (χ0v) is 21.9. The molecule has 0 aromatic heterocycles. The van der Waals surface area contributed by atoms with Gasteiger partial charge in [0.15, 0.2) is 5.96 Å². The second kappa shape index (κ2) is 10.8. The van der Waals surface area contributed by atoms with Crippen LogP contribution < -0.4 is 20.5 Å². The van der Waals surface area contributed by atoms with Crippen LogP contribution in [0.3, 0.4) is 0 Å². The van der Waals surface area contributed by atoms with E-state index < -0.39 is 30.3 Å². The number of ether oxygens (including phenoxy) is 3. The molecule has 0 saturated heterocycles. The van der Waals surface area contributed by atoms with Gasteiger partial charge in [-0.25, -0.2) is 4.99 Å². The van der Waals surface area contributed by atoms with E-state index in [9.17, 15) is 18.4 Å². The molecule has 0 radical (unpaired) electrons. The van der Waals surface area contributed by atoms with Crippen molar-refractivity contribution in [1.82, 2.24) is 10.2 Å². The fourth-order valence-corrected chi connectivity index (χ4v) is 5.39. The molecule has 3 aliphatic heterocycles. The molecule has 39 heavy (non-hydrogen) atoms. The highest BCUT2D eigenvalue weighted by Gasteiger charge is 2.40. The summed E-state index contributed by atoms with van der Waals surface area (Å²) in [6.45, 7) is 1.06. The lowest BCUT2D eigenvalue weighted by atomic mass is 9.90. The van der Waals surface area contributed by atoms with E-state index in [-0.39, 0.29) is 37.2 Å². The predicted octanol–water partition coefficient (Wildman–Crippen LogP) is 4.09. The summed E-state index contributed by atoms with van der Waals surface area (Å²) in [6.07, 6.45) is 1.05. The van der Waals surface area contributed by atoms with Crippen molar-refractivity contribution in [2.24, 2.45) is 10.7 Å². The lowest BCUT2D eigenvalue weighted by Gasteiger charge is -2.40. The third-order valence-corrected chi connectivity index (χ3v) is 7.59. The lowest BCUT2D eigenvalue weighted by Crippen LogP contribution is -2.52. The number of benzene rings is 2. The normalized spacial score (nSPS) is 26.2. The Labute approximate surface area is 225 Å². The van der Waals surface area contributed by atoms with Crippen LogP contribution in [0.2, 0.25) is 0 Å². The van der Waals surface area contributed by atoms with E-state index >= 15 is 0 Å². The highest BCUT2D eigenvalue weighted by atomic mass is 19.3. The summed E-state index contributed by atoms with van der Waals surface area (Å²) in [7, 11) is 0. The Morgan fingerprint density at radius 2 is 2.05 bits per heavy atom. The summed E-state index contributed by atoms with van der Waals surface area (Å²) in [6, 6.07) is 11.3. The number of para-hydroxylation sites is 1. The third-order valence-electron chi connectivity index (χ3n) is 7.59. The van der Waals surface area contributed by atoms with Crippen LogP contribution in [-0.2, 0) is 9.53 Å². The number of hydrogen-bond donors (Lipinski definition) is 2. The average Bonchev–Trinajstić information content (AvgIpc) is 2.91. The summed E-state index contributed by atoms with van der Waals surface area (Å²) in [5.41, 5.74) is 7.56. The van der Waals surface area contributed by atoms with E-state index in [1.165, 1.54) is 4.90 Å². The number of hydrogen-bond acceptors (Lipinski definition) is 7. The van der Waals surface area contributed by atoms with Crippen molar-refractivity contribution in [3.63, 3.8) is 0 Å². The van der Waals surface area contributed by atoms with Crippen LogP contribution >= 0.6 is 0 Å². The van der Waals surface area contributed by atoms with Crippen LogP contribution in [0, 0.1) is 0 Å². The number of carbonyl (C=O) groups is 2. The number of fused-ring (bicyclic) bond motifs is 2. The topological polar surface area (TPSA) is 115 Å². The first-order valence-corrected chi connectivity index (χ1v) is 13.1. The van der Waals surface area contributed by atoms with Gasteiger partial charge in [-0.1, -0.05) is 25.1 Å². The van der Waals surface area contributed by atoms with Gasteiger partial charge in [-0.15, -0.1) is 0 Å². The molecule has 5 rings (SSSR count). The van der Waals surface area contributed by atoms with E-state index in [0.29, 0.717) is 42.1 Å². The van der Waals surface area contributed by atoms with Gasteiger partial charge in [0, 0.05) is 29.5 Å². The number of rotatable bonds is 7. The van der Waals surface area contributed by atoms with Gasteiger partial charge in [-0.2, -0.15) is 8.78 Å². The summed E-state index contributed by atoms with van der Waals surface area (Å²) in [5, 5.41) is 3.01. The molecule has 0 spiro atoms. The molecule has 9 nitrogen and oxygen atoms in total. The van der Waals surface area contributed by atoms with Crippen LogP contribution in [0.15, 0.2) is 47.5 Å². The molecule has 2 amide bonds. The van der Waals surface area contributed by atoms with Gasteiger partial charge in [0.25, 0.3) is 5.91 Å². The maximum atomic E-state index is 13.4. The zero-order chi connectivity index (χ0) is 27.7. The molecule has 2 aromatic carbocycles. The van der Waals surface area contributed by atoms with Gasteiger partial charge >= 0.3 is 6.61 Å². The quantitative estimate of drug-likeness (QED) is 0.545. The monoisotopic (exact) mass is 542 g/mol. The molecule has 0 unspecified atom stereocenters. The lowest BCUT2D eigenvalue weighted by molar-refractivity contribution is -0.146.